The Morgan fingerprint density at radius 3 is 1.82 bits per heavy atom. The van der Waals surface area contributed by atoms with Crippen LogP contribution in [-0.2, 0) is 14.2 Å². The average Bonchev–Trinajstić information content (AvgIpc) is 2.66. The summed E-state index contributed by atoms with van der Waals surface area (Å²) < 4.78 is 17.8. The molecule has 0 aromatic heterocycles. The highest BCUT2D eigenvalue weighted by molar-refractivity contribution is 4.89. The van der Waals surface area contributed by atoms with E-state index < -0.39 is 0 Å². The zero-order valence-electron chi connectivity index (χ0n) is 19.0. The van der Waals surface area contributed by atoms with E-state index in [4.69, 9.17) is 14.2 Å². The van der Waals surface area contributed by atoms with Gasteiger partial charge in [-0.05, 0) is 53.2 Å². The van der Waals surface area contributed by atoms with Gasteiger partial charge >= 0.3 is 0 Å². The third-order valence-corrected chi connectivity index (χ3v) is 7.56. The van der Waals surface area contributed by atoms with Gasteiger partial charge in [0.2, 0.25) is 0 Å². The van der Waals surface area contributed by atoms with Crippen LogP contribution in [0.5, 0.6) is 0 Å². The molecule has 2 unspecified atom stereocenters. The van der Waals surface area contributed by atoms with Crippen LogP contribution in [0.25, 0.3) is 0 Å². The van der Waals surface area contributed by atoms with Crippen molar-refractivity contribution in [3.8, 4) is 0 Å². The smallest absolute Gasteiger partial charge is 0.0625 e. The third-order valence-electron chi connectivity index (χ3n) is 7.56. The van der Waals surface area contributed by atoms with Gasteiger partial charge in [0.15, 0.2) is 0 Å². The molecule has 0 aliphatic carbocycles. The van der Waals surface area contributed by atoms with Gasteiger partial charge in [0.1, 0.15) is 0 Å². The number of ether oxygens (including phenoxy) is 3. The molecule has 3 fully saturated rings. The maximum absolute atomic E-state index is 6.05. The Morgan fingerprint density at radius 2 is 1.18 bits per heavy atom. The van der Waals surface area contributed by atoms with Crippen LogP contribution in [0.2, 0.25) is 0 Å². The van der Waals surface area contributed by atoms with Crippen LogP contribution in [0.1, 0.15) is 40.0 Å². The highest BCUT2D eigenvalue weighted by Crippen LogP contribution is 2.26. The second kappa shape index (κ2) is 10.2. The fraction of sp³-hybridized carbons (Fsp3) is 1.00. The second-order valence-corrected chi connectivity index (χ2v) is 9.70. The van der Waals surface area contributed by atoms with Gasteiger partial charge in [0.05, 0.1) is 39.6 Å². The summed E-state index contributed by atoms with van der Waals surface area (Å²) in [5.41, 5.74) is 0. The van der Waals surface area contributed by atoms with Gasteiger partial charge in [-0.25, -0.2) is 0 Å². The third kappa shape index (κ3) is 5.27. The molecule has 3 saturated heterocycles. The van der Waals surface area contributed by atoms with E-state index in [9.17, 15) is 0 Å². The molecule has 3 rings (SSSR count). The highest BCUT2D eigenvalue weighted by Gasteiger charge is 2.35. The molecule has 6 heteroatoms. The number of rotatable bonds is 6. The molecule has 6 atom stereocenters. The molecule has 0 saturated carbocycles. The SMILES string of the molecule is CC(C)[C@@H]1COCC(CC[C@@H]2COCC(C[C@@H]3COC[C@@H](C)N3C)N2C)N1C. The van der Waals surface area contributed by atoms with Crippen LogP contribution in [0.4, 0.5) is 0 Å². The summed E-state index contributed by atoms with van der Waals surface area (Å²) in [6.45, 7) is 12.0. The van der Waals surface area contributed by atoms with E-state index in [-0.39, 0.29) is 0 Å². The largest absolute Gasteiger partial charge is 0.378 e. The molecule has 3 aliphatic rings. The quantitative estimate of drug-likeness (QED) is 0.682. The molecule has 6 nitrogen and oxygen atoms in total. The number of hydrogen-bond acceptors (Lipinski definition) is 6. The fourth-order valence-electron chi connectivity index (χ4n) is 5.08. The topological polar surface area (TPSA) is 37.4 Å². The lowest BCUT2D eigenvalue weighted by atomic mass is 9.95. The predicted molar refractivity (Wildman–Crippen MR) is 113 cm³/mol. The molecule has 0 aromatic rings. The van der Waals surface area contributed by atoms with Crippen molar-refractivity contribution in [1.29, 1.82) is 0 Å². The zero-order valence-corrected chi connectivity index (χ0v) is 19.0. The van der Waals surface area contributed by atoms with Gasteiger partial charge in [-0.1, -0.05) is 13.8 Å². The molecule has 3 aliphatic heterocycles. The summed E-state index contributed by atoms with van der Waals surface area (Å²) in [4.78, 5) is 7.63. The summed E-state index contributed by atoms with van der Waals surface area (Å²) in [5.74, 6) is 0.634. The molecule has 0 spiro atoms. The summed E-state index contributed by atoms with van der Waals surface area (Å²) in [6.07, 6.45) is 3.47. The summed E-state index contributed by atoms with van der Waals surface area (Å²) in [5, 5.41) is 0. The van der Waals surface area contributed by atoms with Crippen molar-refractivity contribution in [3.63, 3.8) is 0 Å². The van der Waals surface area contributed by atoms with E-state index >= 15 is 0 Å². The van der Waals surface area contributed by atoms with Gasteiger partial charge in [0, 0.05) is 36.3 Å². The monoisotopic (exact) mass is 397 g/mol. The Labute approximate surface area is 172 Å². The molecular formula is C22H43N3O3. The molecular weight excluding hydrogens is 354 g/mol. The van der Waals surface area contributed by atoms with Crippen molar-refractivity contribution in [3.05, 3.63) is 0 Å². The van der Waals surface area contributed by atoms with Crippen molar-refractivity contribution in [2.24, 2.45) is 5.92 Å². The molecule has 0 amide bonds. The molecule has 3 heterocycles. The van der Waals surface area contributed by atoms with E-state index in [0.29, 0.717) is 42.2 Å². The number of nitrogens with zero attached hydrogens (tertiary/aromatic N) is 3. The first-order valence-corrected chi connectivity index (χ1v) is 11.3. The maximum Gasteiger partial charge on any atom is 0.0625 e. The molecule has 0 N–H and O–H groups in total. The molecule has 164 valence electrons. The number of morpholine rings is 3. The first-order chi connectivity index (χ1) is 13.4. The van der Waals surface area contributed by atoms with Gasteiger partial charge in [-0.2, -0.15) is 0 Å². The second-order valence-electron chi connectivity index (χ2n) is 9.70. The Morgan fingerprint density at radius 1 is 0.679 bits per heavy atom. The fourth-order valence-corrected chi connectivity index (χ4v) is 5.08. The van der Waals surface area contributed by atoms with E-state index in [0.717, 1.165) is 46.1 Å². The summed E-state index contributed by atoms with van der Waals surface area (Å²) >= 11 is 0. The van der Waals surface area contributed by atoms with Gasteiger partial charge in [0.25, 0.3) is 0 Å². The van der Waals surface area contributed by atoms with Crippen molar-refractivity contribution < 1.29 is 14.2 Å². The molecule has 0 bridgehead atoms. The highest BCUT2D eigenvalue weighted by atomic mass is 16.5. The molecule has 0 radical (unpaired) electrons. The Kier molecular flexibility index (Phi) is 8.16. The lowest BCUT2D eigenvalue weighted by Crippen LogP contribution is -2.56. The van der Waals surface area contributed by atoms with Crippen LogP contribution in [0, 0.1) is 5.92 Å². The average molecular weight is 398 g/mol. The van der Waals surface area contributed by atoms with Crippen molar-refractivity contribution in [1.82, 2.24) is 14.7 Å². The normalized spacial score (nSPS) is 39.5. The van der Waals surface area contributed by atoms with E-state index in [1.807, 2.05) is 0 Å². The number of likely N-dealkylation sites (N-methyl/N-ethyl adjacent to an activating group) is 3. The molecule has 28 heavy (non-hydrogen) atoms. The standard InChI is InChI=1S/C22H43N3O3/c1-16(2)22-15-28-12-19(25(22)6)8-7-18-11-27-14-21(24(18)5)9-20-13-26-10-17(3)23(20)4/h16-22H,7-15H2,1-6H3/t17-,18-,19?,20-,21?,22+/m1/s1. The van der Waals surface area contributed by atoms with E-state index in [1.54, 1.807) is 0 Å². The Bertz CT molecular complexity index is 478. The van der Waals surface area contributed by atoms with Gasteiger partial charge < -0.3 is 14.2 Å². The Hall–Kier alpha value is -0.240. The first-order valence-electron chi connectivity index (χ1n) is 11.3. The molecule has 0 aromatic carbocycles. The van der Waals surface area contributed by atoms with Crippen molar-refractivity contribution in [2.45, 2.75) is 76.3 Å². The van der Waals surface area contributed by atoms with Gasteiger partial charge in [-0.3, -0.25) is 14.7 Å². The van der Waals surface area contributed by atoms with Crippen LogP contribution in [0.3, 0.4) is 0 Å². The van der Waals surface area contributed by atoms with E-state index in [2.05, 4.69) is 56.6 Å². The minimum atomic E-state index is 0.476. The van der Waals surface area contributed by atoms with Crippen LogP contribution < -0.4 is 0 Å². The number of hydrogen-bond donors (Lipinski definition) is 0. The predicted octanol–water partition coefficient (Wildman–Crippen LogP) is 1.93. The van der Waals surface area contributed by atoms with Crippen LogP contribution in [0.15, 0.2) is 0 Å². The lowest BCUT2D eigenvalue weighted by Gasteiger charge is -2.45. The first kappa shape index (κ1) is 22.4. The zero-order chi connectivity index (χ0) is 20.3. The summed E-state index contributed by atoms with van der Waals surface area (Å²) in [7, 11) is 6.81. The van der Waals surface area contributed by atoms with Crippen molar-refractivity contribution in [2.75, 3.05) is 60.8 Å². The van der Waals surface area contributed by atoms with Crippen LogP contribution >= 0.6 is 0 Å². The maximum atomic E-state index is 6.05. The lowest BCUT2D eigenvalue weighted by molar-refractivity contribution is -0.0809. The minimum absolute atomic E-state index is 0.476. The van der Waals surface area contributed by atoms with Crippen molar-refractivity contribution >= 4 is 0 Å². The van der Waals surface area contributed by atoms with E-state index in [1.165, 1.54) is 12.8 Å². The summed E-state index contributed by atoms with van der Waals surface area (Å²) in [6, 6.07) is 3.02. The Balaban J connectivity index is 1.50. The van der Waals surface area contributed by atoms with Gasteiger partial charge in [-0.15, -0.1) is 0 Å². The van der Waals surface area contributed by atoms with Crippen LogP contribution in [-0.4, -0.2) is 112 Å². The minimum Gasteiger partial charge on any atom is -0.378 e.